The number of nitro benzene ring substituents is 1. The summed E-state index contributed by atoms with van der Waals surface area (Å²) in [7, 11) is 0.00503. The average Bonchev–Trinajstić information content (AvgIpc) is 2.13. The lowest BCUT2D eigenvalue weighted by Gasteiger charge is -2.11. The summed E-state index contributed by atoms with van der Waals surface area (Å²) in [6.07, 6.45) is -5.06. The van der Waals surface area contributed by atoms with Crippen molar-refractivity contribution in [3.05, 3.63) is 32.8 Å². The van der Waals surface area contributed by atoms with Gasteiger partial charge in [0.05, 0.1) is 10.5 Å². The van der Waals surface area contributed by atoms with Gasteiger partial charge >= 0.3 is 6.18 Å². The molecule has 0 spiro atoms. The Morgan fingerprint density at radius 1 is 1.28 bits per heavy atom. The van der Waals surface area contributed by atoms with Crippen molar-refractivity contribution in [1.29, 1.82) is 0 Å². The number of halogens is 5. The highest BCUT2D eigenvalue weighted by atomic mass is 35.7. The second-order valence-electron chi connectivity index (χ2n) is 2.99. The van der Waals surface area contributed by atoms with E-state index in [1.165, 1.54) is 0 Å². The Labute approximate surface area is 108 Å². The van der Waals surface area contributed by atoms with E-state index in [1.807, 2.05) is 0 Å². The van der Waals surface area contributed by atoms with Gasteiger partial charge in [-0.25, -0.2) is 8.42 Å². The van der Waals surface area contributed by atoms with Crippen LogP contribution in [-0.4, -0.2) is 13.3 Å². The van der Waals surface area contributed by atoms with Crippen LogP contribution < -0.4 is 0 Å². The van der Waals surface area contributed by atoms with Gasteiger partial charge < -0.3 is 0 Å². The van der Waals surface area contributed by atoms with Crippen LogP contribution in [0.5, 0.6) is 0 Å². The van der Waals surface area contributed by atoms with Gasteiger partial charge in [0.1, 0.15) is 9.92 Å². The molecular weight excluding hydrogens is 322 g/mol. The van der Waals surface area contributed by atoms with Crippen LogP contribution >= 0.6 is 22.3 Å². The molecule has 0 heterocycles. The maximum Gasteiger partial charge on any atom is 0.417 e. The van der Waals surface area contributed by atoms with Crippen LogP contribution in [0.1, 0.15) is 5.56 Å². The van der Waals surface area contributed by atoms with Gasteiger partial charge in [-0.15, -0.1) is 0 Å². The Balaban J connectivity index is 3.75. The van der Waals surface area contributed by atoms with E-state index in [9.17, 15) is 31.7 Å². The lowest BCUT2D eigenvalue weighted by atomic mass is 10.2. The molecule has 0 amide bonds. The molecule has 0 N–H and O–H groups in total. The number of hydrogen-bond donors (Lipinski definition) is 0. The van der Waals surface area contributed by atoms with Crippen molar-refractivity contribution in [3.8, 4) is 0 Å². The molecule has 0 saturated carbocycles. The lowest BCUT2D eigenvalue weighted by molar-refractivity contribution is -0.385. The molecule has 0 fully saturated rings. The fourth-order valence-electron chi connectivity index (χ4n) is 1.11. The Hall–Kier alpha value is -1.06. The monoisotopic (exact) mass is 323 g/mol. The highest BCUT2D eigenvalue weighted by Crippen LogP contribution is 2.40. The molecule has 5 nitrogen and oxygen atoms in total. The van der Waals surface area contributed by atoms with E-state index in [0.29, 0.717) is 0 Å². The van der Waals surface area contributed by atoms with E-state index in [4.69, 9.17) is 22.3 Å². The summed E-state index contributed by atoms with van der Waals surface area (Å²) in [5.74, 6) is 0. The predicted molar refractivity (Wildman–Crippen MR) is 56.1 cm³/mol. The number of nitro groups is 1. The Bertz CT molecular complexity index is 614. The fraction of sp³-hybridized carbons (Fsp3) is 0.143. The van der Waals surface area contributed by atoms with E-state index in [1.54, 1.807) is 0 Å². The number of benzene rings is 1. The van der Waals surface area contributed by atoms with Gasteiger partial charge in [-0.2, -0.15) is 13.2 Å². The molecule has 0 saturated heterocycles. The second-order valence-corrected chi connectivity index (χ2v) is 5.93. The number of alkyl halides is 3. The highest BCUT2D eigenvalue weighted by Gasteiger charge is 2.39. The first kappa shape index (κ1) is 15.0. The summed E-state index contributed by atoms with van der Waals surface area (Å²) in [6.45, 7) is 0. The summed E-state index contributed by atoms with van der Waals surface area (Å²) in [5.41, 5.74) is -2.64. The molecule has 0 radical (unpaired) electrons. The largest absolute Gasteiger partial charge is 0.417 e. The molecule has 0 aliphatic rings. The molecule has 0 atom stereocenters. The van der Waals surface area contributed by atoms with Crippen molar-refractivity contribution in [3.63, 3.8) is 0 Å². The summed E-state index contributed by atoms with van der Waals surface area (Å²) < 4.78 is 59.6. The second kappa shape index (κ2) is 4.56. The van der Waals surface area contributed by atoms with Crippen molar-refractivity contribution in [2.75, 3.05) is 0 Å². The van der Waals surface area contributed by atoms with Gasteiger partial charge in [-0.1, -0.05) is 11.6 Å². The average molecular weight is 324 g/mol. The Kier molecular flexibility index (Phi) is 3.80. The quantitative estimate of drug-likeness (QED) is 0.475. The summed E-state index contributed by atoms with van der Waals surface area (Å²) in [6, 6.07) is 0.322. The first-order chi connectivity index (χ1) is 7.94. The van der Waals surface area contributed by atoms with Crippen molar-refractivity contribution in [2.45, 2.75) is 11.1 Å². The van der Waals surface area contributed by atoms with Crippen LogP contribution in [-0.2, 0) is 15.2 Å². The van der Waals surface area contributed by atoms with Crippen LogP contribution in [0, 0.1) is 10.1 Å². The molecule has 11 heteroatoms. The van der Waals surface area contributed by atoms with Crippen molar-refractivity contribution < 1.29 is 26.5 Å². The minimum atomic E-state index is -5.06. The van der Waals surface area contributed by atoms with E-state index in [-0.39, 0.29) is 12.1 Å². The zero-order valence-electron chi connectivity index (χ0n) is 8.03. The van der Waals surface area contributed by atoms with Crippen LogP contribution in [0.3, 0.4) is 0 Å². The molecular formula is C7H2Cl2F3NO4S. The summed E-state index contributed by atoms with van der Waals surface area (Å²) in [4.78, 5) is 7.94. The third kappa shape index (κ3) is 3.03. The van der Waals surface area contributed by atoms with E-state index in [2.05, 4.69) is 0 Å². The number of nitrogens with zero attached hydrogens (tertiary/aromatic N) is 1. The van der Waals surface area contributed by atoms with Gasteiger partial charge in [0.25, 0.3) is 14.7 Å². The van der Waals surface area contributed by atoms with E-state index in [0.717, 1.165) is 0 Å². The molecule has 100 valence electrons. The zero-order valence-corrected chi connectivity index (χ0v) is 10.4. The SMILES string of the molecule is O=[N+]([O-])c1cc(S(=O)(=O)Cl)c(C(F)(F)F)cc1Cl. The number of hydrogen-bond acceptors (Lipinski definition) is 4. The third-order valence-corrected chi connectivity index (χ3v) is 3.48. The molecule has 1 rings (SSSR count). The molecule has 1 aromatic rings. The first-order valence-electron chi connectivity index (χ1n) is 3.94. The normalized spacial score (nSPS) is 12.5. The maximum absolute atomic E-state index is 12.5. The lowest BCUT2D eigenvalue weighted by Crippen LogP contribution is -2.11. The first-order valence-corrected chi connectivity index (χ1v) is 6.63. The van der Waals surface area contributed by atoms with Gasteiger partial charge in [-0.05, 0) is 6.07 Å². The van der Waals surface area contributed by atoms with E-state index < -0.39 is 41.3 Å². The summed E-state index contributed by atoms with van der Waals surface area (Å²) in [5, 5.41) is 9.63. The van der Waals surface area contributed by atoms with Gasteiger partial charge in [0, 0.05) is 16.7 Å². The minimum Gasteiger partial charge on any atom is -0.258 e. The third-order valence-electron chi connectivity index (χ3n) is 1.81. The predicted octanol–water partition coefficient (Wildman–Crippen LogP) is 3.19. The Morgan fingerprint density at radius 3 is 2.11 bits per heavy atom. The topological polar surface area (TPSA) is 77.3 Å². The zero-order chi connectivity index (χ0) is 14.3. The highest BCUT2D eigenvalue weighted by molar-refractivity contribution is 8.13. The standard InChI is InChI=1S/C7H2Cl2F3NO4S/c8-4-1-3(7(10,11)12)6(18(9,16)17)2-5(4)13(14)15/h1-2H. The van der Waals surface area contributed by atoms with Crippen molar-refractivity contribution in [2.24, 2.45) is 0 Å². The summed E-state index contributed by atoms with van der Waals surface area (Å²) >= 11 is 5.27. The van der Waals surface area contributed by atoms with Gasteiger partial charge in [0.15, 0.2) is 0 Å². The van der Waals surface area contributed by atoms with Crippen molar-refractivity contribution in [1.82, 2.24) is 0 Å². The number of rotatable bonds is 2. The molecule has 0 aliphatic carbocycles. The van der Waals surface area contributed by atoms with Crippen LogP contribution in [0.2, 0.25) is 5.02 Å². The molecule has 0 bridgehead atoms. The van der Waals surface area contributed by atoms with Crippen LogP contribution in [0.4, 0.5) is 18.9 Å². The van der Waals surface area contributed by atoms with Crippen LogP contribution in [0.25, 0.3) is 0 Å². The molecule has 0 aliphatic heterocycles. The molecule has 0 aromatic heterocycles. The fourth-order valence-corrected chi connectivity index (χ4v) is 2.41. The molecule has 1 aromatic carbocycles. The van der Waals surface area contributed by atoms with Gasteiger partial charge in [-0.3, -0.25) is 10.1 Å². The maximum atomic E-state index is 12.5. The molecule has 18 heavy (non-hydrogen) atoms. The van der Waals surface area contributed by atoms with E-state index >= 15 is 0 Å². The minimum absolute atomic E-state index is 0.148. The van der Waals surface area contributed by atoms with Gasteiger partial charge in [0.2, 0.25) is 0 Å². The van der Waals surface area contributed by atoms with Crippen LogP contribution in [0.15, 0.2) is 17.0 Å². The molecule has 0 unspecified atom stereocenters. The Morgan fingerprint density at radius 2 is 1.78 bits per heavy atom. The van der Waals surface area contributed by atoms with Crippen molar-refractivity contribution >= 4 is 37.0 Å². The smallest absolute Gasteiger partial charge is 0.258 e.